The van der Waals surface area contributed by atoms with Crippen LogP contribution in [0.1, 0.15) is 18.9 Å². The first-order valence-electron chi connectivity index (χ1n) is 5.34. The van der Waals surface area contributed by atoms with Crippen molar-refractivity contribution < 1.29 is 9.53 Å². The van der Waals surface area contributed by atoms with Crippen molar-refractivity contribution in [2.75, 3.05) is 6.61 Å². The fourth-order valence-corrected chi connectivity index (χ4v) is 1.49. The Bertz CT molecular complexity index is 316. The molecule has 1 aromatic carbocycles. The molecule has 0 unspecified atom stereocenters. The summed E-state index contributed by atoms with van der Waals surface area (Å²) in [6.07, 6.45) is 1.35. The number of nitrogens with one attached hydrogen (secondary N) is 1. The summed E-state index contributed by atoms with van der Waals surface area (Å²) in [4.78, 5) is 14.0. The highest BCUT2D eigenvalue weighted by Gasteiger charge is 2.18. The highest BCUT2D eigenvalue weighted by molar-refractivity contribution is 6.14. The summed E-state index contributed by atoms with van der Waals surface area (Å²) in [5.41, 5.74) is 1.05. The number of hydrogen-bond donors (Lipinski definition) is 1. The number of carbonyl (C=O) groups excluding carboxylic acids is 1. The lowest BCUT2D eigenvalue weighted by molar-refractivity contribution is -0.145. The Morgan fingerprint density at radius 1 is 1.44 bits per heavy atom. The van der Waals surface area contributed by atoms with Crippen LogP contribution >= 0.6 is 11.8 Å². The molecule has 0 saturated carbocycles. The summed E-state index contributed by atoms with van der Waals surface area (Å²) < 4.78 is 5.03. The first kappa shape index (κ1) is 13.0. The summed E-state index contributed by atoms with van der Waals surface area (Å²) in [5, 5.41) is 0. The van der Waals surface area contributed by atoms with Crippen molar-refractivity contribution in [3.05, 3.63) is 35.9 Å². The molecule has 16 heavy (non-hydrogen) atoms. The number of carbonyl (C=O) groups is 1. The third-order valence-electron chi connectivity index (χ3n) is 2.15. The van der Waals surface area contributed by atoms with Crippen molar-refractivity contribution in [2.45, 2.75) is 25.8 Å². The van der Waals surface area contributed by atoms with Crippen molar-refractivity contribution in [2.24, 2.45) is 0 Å². The number of ether oxygens (including phenoxy) is 1. The van der Waals surface area contributed by atoms with Crippen LogP contribution in [0, 0.1) is 0 Å². The number of hydrogen-bond acceptors (Lipinski definition) is 3. The van der Waals surface area contributed by atoms with Gasteiger partial charge in [0.2, 0.25) is 0 Å². The molecule has 3 nitrogen and oxygen atoms in total. The minimum absolute atomic E-state index is 0.305. The molecule has 4 heteroatoms. The molecule has 1 aromatic rings. The molecule has 0 fully saturated rings. The number of halogens is 1. The van der Waals surface area contributed by atoms with E-state index >= 15 is 0 Å². The van der Waals surface area contributed by atoms with Crippen molar-refractivity contribution in [1.29, 1.82) is 0 Å². The molecule has 0 heterocycles. The van der Waals surface area contributed by atoms with Gasteiger partial charge in [0.1, 0.15) is 6.04 Å². The molecular weight excluding hydrogens is 226 g/mol. The standard InChI is InChI=1S/C12H16ClNO2/c1-2-8-16-12(15)11(14-13)9-10-6-4-3-5-7-10/h3-7,11,14H,2,8-9H2,1H3/t11-/m0/s1. The molecule has 1 rings (SSSR count). The monoisotopic (exact) mass is 241 g/mol. The van der Waals surface area contributed by atoms with Gasteiger partial charge in [0.15, 0.2) is 0 Å². The van der Waals surface area contributed by atoms with E-state index < -0.39 is 6.04 Å². The van der Waals surface area contributed by atoms with E-state index in [1.54, 1.807) is 0 Å². The van der Waals surface area contributed by atoms with E-state index in [1.165, 1.54) is 0 Å². The molecule has 1 N–H and O–H groups in total. The average Bonchev–Trinajstić information content (AvgIpc) is 2.34. The smallest absolute Gasteiger partial charge is 0.324 e. The van der Waals surface area contributed by atoms with Crippen LogP contribution in [0.25, 0.3) is 0 Å². The Morgan fingerprint density at radius 2 is 2.12 bits per heavy atom. The number of benzene rings is 1. The van der Waals surface area contributed by atoms with E-state index in [9.17, 15) is 4.79 Å². The lowest BCUT2D eigenvalue weighted by Crippen LogP contribution is -2.34. The van der Waals surface area contributed by atoms with Crippen LogP contribution in [-0.2, 0) is 16.0 Å². The first-order valence-corrected chi connectivity index (χ1v) is 5.72. The van der Waals surface area contributed by atoms with E-state index in [2.05, 4.69) is 4.84 Å². The fraction of sp³-hybridized carbons (Fsp3) is 0.417. The van der Waals surface area contributed by atoms with Crippen LogP contribution in [0.5, 0.6) is 0 Å². The zero-order valence-corrected chi connectivity index (χ0v) is 10.0. The molecule has 0 amide bonds. The van der Waals surface area contributed by atoms with Gasteiger partial charge >= 0.3 is 5.97 Å². The zero-order chi connectivity index (χ0) is 11.8. The molecule has 0 saturated heterocycles. The van der Waals surface area contributed by atoms with E-state index in [0.717, 1.165) is 12.0 Å². The predicted molar refractivity (Wildman–Crippen MR) is 64.2 cm³/mol. The number of esters is 1. The van der Waals surface area contributed by atoms with E-state index in [1.807, 2.05) is 37.3 Å². The van der Waals surface area contributed by atoms with Gasteiger partial charge in [-0.1, -0.05) is 37.3 Å². The Kier molecular flexibility index (Phi) is 5.90. The van der Waals surface area contributed by atoms with E-state index in [-0.39, 0.29) is 5.97 Å². The van der Waals surface area contributed by atoms with Gasteiger partial charge < -0.3 is 4.74 Å². The van der Waals surface area contributed by atoms with Gasteiger partial charge in [-0.05, 0) is 30.2 Å². The van der Waals surface area contributed by atoms with Gasteiger partial charge in [-0.2, -0.15) is 0 Å². The lowest BCUT2D eigenvalue weighted by Gasteiger charge is -2.13. The summed E-state index contributed by atoms with van der Waals surface area (Å²) >= 11 is 5.54. The maximum Gasteiger partial charge on any atom is 0.324 e. The van der Waals surface area contributed by atoms with Crippen LogP contribution in [0.2, 0.25) is 0 Å². The van der Waals surface area contributed by atoms with Crippen LogP contribution in [-0.4, -0.2) is 18.6 Å². The molecule has 0 aliphatic heterocycles. The van der Waals surface area contributed by atoms with E-state index in [0.29, 0.717) is 13.0 Å². The fourth-order valence-electron chi connectivity index (χ4n) is 1.32. The van der Waals surface area contributed by atoms with Crippen LogP contribution in [0.4, 0.5) is 0 Å². The van der Waals surface area contributed by atoms with E-state index in [4.69, 9.17) is 16.5 Å². The number of rotatable bonds is 6. The first-order chi connectivity index (χ1) is 7.77. The zero-order valence-electron chi connectivity index (χ0n) is 9.28. The van der Waals surface area contributed by atoms with Gasteiger partial charge in [-0.15, -0.1) is 0 Å². The summed E-state index contributed by atoms with van der Waals surface area (Å²) in [5.74, 6) is -0.305. The van der Waals surface area contributed by atoms with Crippen molar-refractivity contribution in [1.82, 2.24) is 4.84 Å². The SMILES string of the molecule is CCCOC(=O)[C@H](Cc1ccccc1)NCl. The van der Waals surface area contributed by atoms with Gasteiger partial charge in [-0.25, -0.2) is 4.84 Å². The normalized spacial score (nSPS) is 12.1. The molecule has 0 radical (unpaired) electrons. The second-order valence-electron chi connectivity index (χ2n) is 3.52. The maximum atomic E-state index is 11.6. The average molecular weight is 242 g/mol. The van der Waals surface area contributed by atoms with Crippen LogP contribution < -0.4 is 4.84 Å². The highest BCUT2D eigenvalue weighted by Crippen LogP contribution is 2.05. The van der Waals surface area contributed by atoms with Gasteiger partial charge in [0.25, 0.3) is 0 Å². The quantitative estimate of drug-likeness (QED) is 0.614. The largest absolute Gasteiger partial charge is 0.464 e. The third kappa shape index (κ3) is 4.21. The second-order valence-corrected chi connectivity index (χ2v) is 3.74. The topological polar surface area (TPSA) is 38.3 Å². The minimum atomic E-state index is -0.490. The van der Waals surface area contributed by atoms with Crippen molar-refractivity contribution in [3.63, 3.8) is 0 Å². The van der Waals surface area contributed by atoms with Crippen molar-refractivity contribution >= 4 is 17.7 Å². The summed E-state index contributed by atoms with van der Waals surface area (Å²) in [6, 6.07) is 9.20. The predicted octanol–water partition coefficient (Wildman–Crippen LogP) is 2.29. The molecule has 0 aromatic heterocycles. The Morgan fingerprint density at radius 3 is 2.69 bits per heavy atom. The van der Waals surface area contributed by atoms with Crippen LogP contribution in [0.3, 0.4) is 0 Å². The molecular formula is C12H16ClNO2. The third-order valence-corrected chi connectivity index (χ3v) is 2.41. The molecule has 0 spiro atoms. The Balaban J connectivity index is 2.52. The molecule has 88 valence electrons. The van der Waals surface area contributed by atoms with Gasteiger partial charge in [0, 0.05) is 0 Å². The van der Waals surface area contributed by atoms with Gasteiger partial charge in [0.05, 0.1) is 6.61 Å². The maximum absolute atomic E-state index is 11.6. The Hall–Kier alpha value is -1.06. The highest BCUT2D eigenvalue weighted by atomic mass is 35.5. The van der Waals surface area contributed by atoms with Gasteiger partial charge in [-0.3, -0.25) is 4.79 Å². The lowest BCUT2D eigenvalue weighted by atomic mass is 10.1. The van der Waals surface area contributed by atoms with Crippen LogP contribution in [0.15, 0.2) is 30.3 Å². The van der Waals surface area contributed by atoms with Crippen molar-refractivity contribution in [3.8, 4) is 0 Å². The second kappa shape index (κ2) is 7.25. The summed E-state index contributed by atoms with van der Waals surface area (Å²) in [7, 11) is 0. The minimum Gasteiger partial charge on any atom is -0.464 e. The molecule has 0 aliphatic rings. The molecule has 1 atom stereocenters. The molecule has 0 bridgehead atoms. The summed E-state index contributed by atoms with van der Waals surface area (Å²) in [6.45, 7) is 2.39. The Labute approximate surface area is 101 Å². The molecule has 0 aliphatic carbocycles.